The Labute approximate surface area is 387 Å². The summed E-state index contributed by atoms with van der Waals surface area (Å²) >= 11 is -0.973. The molecular weight excluding hydrogens is 954 g/mol. The van der Waals surface area contributed by atoms with Crippen molar-refractivity contribution in [2.24, 2.45) is 11.3 Å². The topological polar surface area (TPSA) is 200 Å². The first-order valence-electron chi connectivity index (χ1n) is 23.0. The number of nitrogens with zero attached hydrogens (tertiary/aromatic N) is 3. The molecular formula is C46H67IN7O9S-. The molecule has 4 N–H and O–H groups in total. The summed E-state index contributed by atoms with van der Waals surface area (Å²) in [5, 5.41) is 6.57. The van der Waals surface area contributed by atoms with Crippen LogP contribution in [0.1, 0.15) is 97.5 Å². The van der Waals surface area contributed by atoms with Crippen LogP contribution in [0, 0.1) is 11.3 Å². The summed E-state index contributed by atoms with van der Waals surface area (Å²) in [6.45, 7) is 16.9. The molecule has 3 saturated heterocycles. The van der Waals surface area contributed by atoms with Gasteiger partial charge in [0.25, 0.3) is 5.56 Å². The number of hydrogen-bond donors (Lipinski definition) is 4. The Morgan fingerprint density at radius 1 is 1.05 bits per heavy atom. The molecule has 0 bridgehead atoms. The molecule has 3 aliphatic heterocycles. The maximum absolute atomic E-state index is 14.2. The summed E-state index contributed by atoms with van der Waals surface area (Å²) in [6.07, 6.45) is 8.16. The van der Waals surface area contributed by atoms with Crippen molar-refractivity contribution < 1.29 is 58.3 Å². The predicted octanol–water partition coefficient (Wildman–Crippen LogP) is 0.636. The Kier molecular flexibility index (Phi) is 14.8. The number of alkyl halides is 2. The molecule has 5 fully saturated rings. The van der Waals surface area contributed by atoms with Crippen molar-refractivity contribution in [3.63, 3.8) is 0 Å². The molecule has 6 atom stereocenters. The molecule has 2 aliphatic carbocycles. The number of likely N-dealkylation sites (tertiary alicyclic amines) is 1. The minimum absolute atomic E-state index is 0.114. The molecule has 0 spiro atoms. The van der Waals surface area contributed by atoms with Crippen molar-refractivity contribution in [2.45, 2.75) is 129 Å². The molecule has 1 unspecified atom stereocenters. The average Bonchev–Trinajstić information content (AvgIpc) is 4.21. The number of halogens is 1. The van der Waals surface area contributed by atoms with Gasteiger partial charge in [-0.3, -0.25) is 4.79 Å². The quantitative estimate of drug-likeness (QED) is 0.0478. The molecule has 64 heavy (non-hydrogen) atoms. The van der Waals surface area contributed by atoms with Crippen LogP contribution < -0.4 is 46.9 Å². The third-order valence-corrected chi connectivity index (χ3v) is 19.6. The van der Waals surface area contributed by atoms with E-state index >= 15 is 0 Å². The number of aromatic amines is 1. The number of nitrogens with one attached hydrogen (secondary N) is 4. The van der Waals surface area contributed by atoms with Gasteiger partial charge >= 0.3 is 228 Å². The molecule has 7 rings (SSSR count). The van der Waals surface area contributed by atoms with E-state index in [1.54, 1.807) is 13.0 Å². The van der Waals surface area contributed by atoms with E-state index in [4.69, 9.17) is 9.47 Å². The number of benzene rings is 1. The number of sulfonamides is 1. The number of rotatable bonds is 20. The summed E-state index contributed by atoms with van der Waals surface area (Å²) in [6, 6.07) is 5.89. The zero-order chi connectivity index (χ0) is 46.0. The molecule has 1 aromatic heterocycles. The number of ether oxygens (including phenoxy) is 2. The molecule has 354 valence electrons. The van der Waals surface area contributed by atoms with Crippen LogP contribution in [-0.4, -0.2) is 135 Å². The fourth-order valence-corrected chi connectivity index (χ4v) is 13.0. The van der Waals surface area contributed by atoms with Crippen molar-refractivity contribution in [2.75, 3.05) is 52.9 Å². The van der Waals surface area contributed by atoms with Gasteiger partial charge in [0.2, 0.25) is 0 Å². The molecule has 4 amide bonds. The molecule has 5 aliphatic rings. The van der Waals surface area contributed by atoms with E-state index < -0.39 is 80.8 Å². The van der Waals surface area contributed by atoms with Crippen LogP contribution in [0.4, 0.5) is 4.79 Å². The Balaban J connectivity index is 0.867. The number of carbonyl (C=O) groups excluding carboxylic acids is 4. The van der Waals surface area contributed by atoms with Gasteiger partial charge in [0.1, 0.15) is 5.75 Å². The number of H-pyrrole nitrogens is 1. The number of hydrogen-bond acceptors (Lipinski definition) is 11. The zero-order valence-electron chi connectivity index (χ0n) is 38.0. The van der Waals surface area contributed by atoms with Gasteiger partial charge in [-0.15, -0.1) is 0 Å². The van der Waals surface area contributed by atoms with E-state index in [0.29, 0.717) is 50.0 Å². The summed E-state index contributed by atoms with van der Waals surface area (Å²) in [5.41, 5.74) is 0.606. The first-order chi connectivity index (χ1) is 30.4. The third kappa shape index (κ3) is 11.1. The van der Waals surface area contributed by atoms with Crippen LogP contribution in [0.5, 0.6) is 5.75 Å². The zero-order valence-corrected chi connectivity index (χ0v) is 41.0. The molecule has 2 saturated carbocycles. The molecule has 4 heterocycles. The molecule has 2 aromatic rings. The predicted molar refractivity (Wildman–Crippen MR) is 240 cm³/mol. The first kappa shape index (κ1) is 48.2. The van der Waals surface area contributed by atoms with Gasteiger partial charge in [-0.1, -0.05) is 25.0 Å². The van der Waals surface area contributed by atoms with E-state index in [1.165, 1.54) is 4.90 Å². The van der Waals surface area contributed by atoms with Crippen LogP contribution in [0.3, 0.4) is 0 Å². The Bertz CT molecular complexity index is 2250. The number of para-hydroxylation sites is 1. The number of alkyl carbamates (subject to hydrolysis) is 1. The summed E-state index contributed by atoms with van der Waals surface area (Å²) in [4.78, 5) is 77.3. The van der Waals surface area contributed by atoms with Crippen molar-refractivity contribution in [3.05, 3.63) is 52.8 Å². The number of likely N-dealkylation sites (N-methyl/N-ethyl adjacent to an activating group) is 1. The monoisotopic (exact) mass is 1020 g/mol. The average molecular weight is 1020 g/mol. The summed E-state index contributed by atoms with van der Waals surface area (Å²) in [7, 11) is -1.77. The number of amides is 4. The normalized spacial score (nSPS) is 26.0. The summed E-state index contributed by atoms with van der Waals surface area (Å²) in [5.74, 6) is -0.811. The van der Waals surface area contributed by atoms with Crippen molar-refractivity contribution in [3.8, 4) is 5.75 Å². The van der Waals surface area contributed by atoms with E-state index in [9.17, 15) is 32.4 Å². The van der Waals surface area contributed by atoms with Crippen molar-refractivity contribution >= 4 is 44.7 Å². The van der Waals surface area contributed by atoms with Crippen LogP contribution in [0.2, 0.25) is 0 Å². The minimum atomic E-state index is -3.92. The Hall–Kier alpha value is -3.75. The second-order valence-corrected chi connectivity index (χ2v) is 25.5. The second kappa shape index (κ2) is 19.6. The Morgan fingerprint density at radius 2 is 1.78 bits per heavy atom. The summed E-state index contributed by atoms with van der Waals surface area (Å²) < 4.78 is 37.5. The number of pyridine rings is 1. The van der Waals surface area contributed by atoms with Gasteiger partial charge < -0.3 is 19.5 Å². The molecule has 16 nitrogen and oxygen atoms in total. The SMILES string of the molecule is C=C[C@@H]1[I-][C@]1(NC(=O)[C@@H]1CCCN1C(=O)[C@@H](NC(=O)OC1C[C@H]1CCCCCc1c(OCCCN2CCN(C)CC2)c2ccccc2[nH]c1=O)C(C)(C)C)C(=O)NS(=O)(=O)C1(C)CC1. The van der Waals surface area contributed by atoms with Gasteiger partial charge in [0.05, 0.1) is 17.7 Å². The van der Waals surface area contributed by atoms with Crippen LogP contribution in [0.25, 0.3) is 10.9 Å². The van der Waals surface area contributed by atoms with Gasteiger partial charge in [-0.05, 0) is 44.9 Å². The first-order valence-corrected chi connectivity index (χ1v) is 26.8. The Morgan fingerprint density at radius 3 is 2.47 bits per heavy atom. The fraction of sp³-hybridized carbons (Fsp3) is 0.674. The number of fused-ring (bicyclic) bond motifs is 1. The van der Waals surface area contributed by atoms with E-state index in [-0.39, 0.29) is 28.1 Å². The van der Waals surface area contributed by atoms with Crippen LogP contribution in [-0.2, 0) is 35.6 Å². The molecule has 1 aromatic carbocycles. The third-order valence-electron chi connectivity index (χ3n) is 13.6. The van der Waals surface area contributed by atoms with E-state index in [1.807, 2.05) is 45.0 Å². The number of aromatic nitrogens is 1. The standard InChI is InChI=1S/C46H67IN7O9S/c1-7-36-46(47-36,42(58)51-64(60,61)45(5)20-21-45)50-40(56)34-19-13-23-54(34)41(57)38(44(2,3)4)49-43(59)63-35-29-30(35)15-9-8-10-17-32-37(31-16-11-12-18-33(31)48-39(32)55)62-28-14-22-53-26-24-52(6)25-27-53/h7,11-12,16,18,30,34-36,38H,1,8-10,13-15,17,19-29H2,2-6H3,(H,48,55)(H,49,59)(H,50,56)(H,51,58)/q-1/t30-,34+,35?,36+,38-,46-/m1/s1. The van der Waals surface area contributed by atoms with Gasteiger partial charge in [0.15, 0.2) is 0 Å². The fourth-order valence-electron chi connectivity index (χ4n) is 8.85. The molecule has 18 heteroatoms. The van der Waals surface area contributed by atoms with Gasteiger partial charge in [-0.2, -0.15) is 0 Å². The van der Waals surface area contributed by atoms with Crippen LogP contribution >= 0.6 is 0 Å². The number of carbonyl (C=O) groups is 4. The van der Waals surface area contributed by atoms with E-state index in [2.05, 4.69) is 43.8 Å². The second-order valence-electron chi connectivity index (χ2n) is 19.7. The number of unbranched alkanes of at least 4 members (excludes halogenated alkanes) is 2. The van der Waals surface area contributed by atoms with Crippen molar-refractivity contribution in [1.82, 2.24) is 35.0 Å². The number of piperazine rings is 1. The van der Waals surface area contributed by atoms with Gasteiger partial charge in [0, 0.05) is 38.1 Å². The van der Waals surface area contributed by atoms with Crippen LogP contribution in [0.15, 0.2) is 41.7 Å². The van der Waals surface area contributed by atoms with Gasteiger partial charge in [-0.25, -0.2) is 0 Å². The molecule has 0 radical (unpaired) electrons. The van der Waals surface area contributed by atoms with E-state index in [0.717, 1.165) is 82.2 Å². The maximum atomic E-state index is 14.2. The van der Waals surface area contributed by atoms with Crippen molar-refractivity contribution in [1.29, 1.82) is 0 Å².